The molecule has 190 valence electrons. The molecule has 1 aliphatic rings. The SMILES string of the molecule is CC(=O)S[C@@H](CCCN1C(=O)c2ccccc2C1=O)C(=O)N(c1ccc2ccccc2c1)[C@@H](C)C(=O)O. The van der Waals surface area contributed by atoms with Gasteiger partial charge in [-0.05, 0) is 54.8 Å². The number of carbonyl (C=O) groups is 5. The van der Waals surface area contributed by atoms with Crippen molar-refractivity contribution in [3.05, 3.63) is 77.9 Å². The zero-order chi connectivity index (χ0) is 26.7. The van der Waals surface area contributed by atoms with Crippen LogP contribution < -0.4 is 4.90 Å². The molecule has 0 fully saturated rings. The largest absolute Gasteiger partial charge is 0.480 e. The molecule has 9 heteroatoms. The van der Waals surface area contributed by atoms with E-state index in [-0.39, 0.29) is 36.3 Å². The lowest BCUT2D eigenvalue weighted by Crippen LogP contribution is -2.47. The first kappa shape index (κ1) is 26.1. The average Bonchev–Trinajstić information content (AvgIpc) is 3.12. The Bertz CT molecular complexity index is 1370. The van der Waals surface area contributed by atoms with E-state index in [1.54, 1.807) is 36.4 Å². The third kappa shape index (κ3) is 5.41. The van der Waals surface area contributed by atoms with E-state index in [2.05, 4.69) is 0 Å². The lowest BCUT2D eigenvalue weighted by Gasteiger charge is -2.30. The fraction of sp³-hybridized carbons (Fsp3) is 0.250. The third-order valence-electron chi connectivity index (χ3n) is 6.30. The van der Waals surface area contributed by atoms with Crippen LogP contribution in [0.1, 0.15) is 47.4 Å². The van der Waals surface area contributed by atoms with Crippen molar-refractivity contribution in [1.29, 1.82) is 0 Å². The van der Waals surface area contributed by atoms with E-state index in [9.17, 15) is 29.1 Å². The summed E-state index contributed by atoms with van der Waals surface area (Å²) >= 11 is 0.823. The van der Waals surface area contributed by atoms with E-state index >= 15 is 0 Å². The number of aliphatic carboxylic acids is 1. The zero-order valence-electron chi connectivity index (χ0n) is 20.4. The maximum Gasteiger partial charge on any atom is 0.326 e. The summed E-state index contributed by atoms with van der Waals surface area (Å²) in [4.78, 5) is 65.4. The molecular formula is C28H26N2O6S. The number of carbonyl (C=O) groups excluding carboxylic acids is 4. The molecule has 0 unspecified atom stereocenters. The van der Waals surface area contributed by atoms with Crippen molar-refractivity contribution in [3.63, 3.8) is 0 Å². The van der Waals surface area contributed by atoms with Crippen molar-refractivity contribution < 1.29 is 29.1 Å². The molecule has 2 atom stereocenters. The minimum absolute atomic E-state index is 0.0824. The molecular weight excluding hydrogens is 492 g/mol. The quantitative estimate of drug-likeness (QED) is 0.419. The topological polar surface area (TPSA) is 112 Å². The third-order valence-corrected chi connectivity index (χ3v) is 7.36. The van der Waals surface area contributed by atoms with E-state index in [0.717, 1.165) is 27.4 Å². The molecule has 0 spiro atoms. The summed E-state index contributed by atoms with van der Waals surface area (Å²) in [5.74, 6) is -2.48. The van der Waals surface area contributed by atoms with Crippen LogP contribution in [0, 0.1) is 0 Å². The number of nitrogens with zero attached hydrogens (tertiary/aromatic N) is 2. The van der Waals surface area contributed by atoms with Gasteiger partial charge in [-0.25, -0.2) is 4.79 Å². The lowest BCUT2D eigenvalue weighted by atomic mass is 10.1. The van der Waals surface area contributed by atoms with Crippen molar-refractivity contribution in [1.82, 2.24) is 4.90 Å². The van der Waals surface area contributed by atoms with Gasteiger partial charge in [0.1, 0.15) is 6.04 Å². The molecule has 8 nitrogen and oxygen atoms in total. The number of rotatable bonds is 9. The number of hydrogen-bond acceptors (Lipinski definition) is 6. The summed E-state index contributed by atoms with van der Waals surface area (Å²) in [7, 11) is 0. The molecule has 0 radical (unpaired) electrons. The molecule has 0 saturated carbocycles. The highest BCUT2D eigenvalue weighted by molar-refractivity contribution is 8.14. The monoisotopic (exact) mass is 518 g/mol. The van der Waals surface area contributed by atoms with Crippen molar-refractivity contribution >= 4 is 57.0 Å². The van der Waals surface area contributed by atoms with Gasteiger partial charge in [-0.2, -0.15) is 0 Å². The van der Waals surface area contributed by atoms with Crippen molar-refractivity contribution in [2.75, 3.05) is 11.4 Å². The fourth-order valence-electron chi connectivity index (χ4n) is 4.44. The number of thioether (sulfide) groups is 1. The van der Waals surface area contributed by atoms with Gasteiger partial charge in [0.05, 0.1) is 16.4 Å². The Morgan fingerprint density at radius 2 is 1.51 bits per heavy atom. The van der Waals surface area contributed by atoms with Crippen LogP contribution in [0.5, 0.6) is 0 Å². The summed E-state index contributed by atoms with van der Waals surface area (Å²) in [6, 6.07) is 18.2. The van der Waals surface area contributed by atoms with Crippen LogP contribution in [-0.2, 0) is 14.4 Å². The predicted octanol–water partition coefficient (Wildman–Crippen LogP) is 4.37. The second kappa shape index (κ2) is 11.0. The normalized spacial score (nSPS) is 14.4. The first-order chi connectivity index (χ1) is 17.7. The summed E-state index contributed by atoms with van der Waals surface area (Å²) in [5.41, 5.74) is 1.10. The number of amides is 3. The summed E-state index contributed by atoms with van der Waals surface area (Å²) in [6.07, 6.45) is 0.447. The Labute approximate surface area is 218 Å². The van der Waals surface area contributed by atoms with Crippen LogP contribution in [0.15, 0.2) is 66.7 Å². The molecule has 1 aliphatic heterocycles. The highest BCUT2D eigenvalue weighted by Gasteiger charge is 2.36. The standard InChI is InChI=1S/C28H26N2O6S/c1-17(28(35)36)30(21-14-13-19-8-3-4-9-20(19)16-21)27(34)24(37-18(2)31)12-7-15-29-25(32)22-10-5-6-11-23(22)26(29)33/h3-6,8-11,13-14,16-17,24H,7,12,15H2,1-2H3,(H,35,36)/t17-,24-/m0/s1. The molecule has 0 aromatic heterocycles. The molecule has 4 rings (SSSR count). The molecule has 3 aromatic carbocycles. The Kier molecular flexibility index (Phi) is 7.73. The summed E-state index contributed by atoms with van der Waals surface area (Å²) in [6.45, 7) is 2.85. The van der Waals surface area contributed by atoms with Gasteiger partial charge in [0.15, 0.2) is 5.12 Å². The molecule has 0 saturated heterocycles. The molecule has 37 heavy (non-hydrogen) atoms. The molecule has 3 aromatic rings. The summed E-state index contributed by atoms with van der Waals surface area (Å²) < 4.78 is 0. The maximum absolute atomic E-state index is 13.7. The molecule has 3 amide bonds. The van der Waals surface area contributed by atoms with Gasteiger partial charge < -0.3 is 5.11 Å². The predicted molar refractivity (Wildman–Crippen MR) is 142 cm³/mol. The lowest BCUT2D eigenvalue weighted by molar-refractivity contribution is -0.139. The van der Waals surface area contributed by atoms with Crippen LogP contribution >= 0.6 is 11.8 Å². The Hall–Kier alpha value is -3.98. The summed E-state index contributed by atoms with van der Waals surface area (Å²) in [5, 5.41) is 10.4. The fourth-order valence-corrected chi connectivity index (χ4v) is 5.34. The maximum atomic E-state index is 13.7. The van der Waals surface area contributed by atoms with Crippen molar-refractivity contribution in [2.24, 2.45) is 0 Å². The number of fused-ring (bicyclic) bond motifs is 2. The molecule has 0 aliphatic carbocycles. The number of imide groups is 1. The molecule has 1 N–H and O–H groups in total. The van der Waals surface area contributed by atoms with Gasteiger partial charge in [0, 0.05) is 19.2 Å². The zero-order valence-corrected chi connectivity index (χ0v) is 21.2. The van der Waals surface area contributed by atoms with Gasteiger partial charge in [-0.15, -0.1) is 0 Å². The van der Waals surface area contributed by atoms with E-state index in [1.165, 1.54) is 18.7 Å². The van der Waals surface area contributed by atoms with Gasteiger partial charge >= 0.3 is 5.97 Å². The number of carboxylic acids is 1. The second-order valence-corrected chi connectivity index (χ2v) is 10.2. The first-order valence-electron chi connectivity index (χ1n) is 11.9. The number of hydrogen-bond donors (Lipinski definition) is 1. The van der Waals surface area contributed by atoms with Crippen LogP contribution in [0.3, 0.4) is 0 Å². The van der Waals surface area contributed by atoms with Crippen molar-refractivity contribution in [3.8, 4) is 0 Å². The van der Waals surface area contributed by atoms with Gasteiger partial charge in [0.2, 0.25) is 5.91 Å². The van der Waals surface area contributed by atoms with Crippen LogP contribution in [0.4, 0.5) is 5.69 Å². The van der Waals surface area contributed by atoms with E-state index in [1.807, 2.05) is 30.3 Å². The minimum Gasteiger partial charge on any atom is -0.480 e. The highest BCUT2D eigenvalue weighted by Crippen LogP contribution is 2.29. The Morgan fingerprint density at radius 3 is 2.11 bits per heavy atom. The number of anilines is 1. The van der Waals surface area contributed by atoms with Gasteiger partial charge in [-0.3, -0.25) is 29.0 Å². The minimum atomic E-state index is -1.18. The highest BCUT2D eigenvalue weighted by atomic mass is 32.2. The smallest absolute Gasteiger partial charge is 0.326 e. The molecule has 1 heterocycles. The Morgan fingerprint density at radius 1 is 0.919 bits per heavy atom. The van der Waals surface area contributed by atoms with E-state index in [4.69, 9.17) is 0 Å². The second-order valence-electron chi connectivity index (χ2n) is 8.80. The Balaban J connectivity index is 1.55. The van der Waals surface area contributed by atoms with E-state index in [0.29, 0.717) is 16.8 Å². The number of carboxylic acid groups (broad SMARTS) is 1. The van der Waals surface area contributed by atoms with Crippen LogP contribution in [0.2, 0.25) is 0 Å². The van der Waals surface area contributed by atoms with Crippen LogP contribution in [0.25, 0.3) is 10.8 Å². The molecule has 0 bridgehead atoms. The van der Waals surface area contributed by atoms with Crippen molar-refractivity contribution in [2.45, 2.75) is 38.0 Å². The van der Waals surface area contributed by atoms with Crippen LogP contribution in [-0.4, -0.2) is 56.6 Å². The van der Waals surface area contributed by atoms with Gasteiger partial charge in [0.25, 0.3) is 11.8 Å². The number of benzene rings is 3. The average molecular weight is 519 g/mol. The van der Waals surface area contributed by atoms with Gasteiger partial charge in [-0.1, -0.05) is 54.2 Å². The van der Waals surface area contributed by atoms with E-state index < -0.39 is 23.2 Å². The first-order valence-corrected chi connectivity index (χ1v) is 12.7.